The topological polar surface area (TPSA) is 79.4 Å². The number of carbonyl (C=O) groups is 1. The quantitative estimate of drug-likeness (QED) is 0.447. The summed E-state index contributed by atoms with van der Waals surface area (Å²) in [6.45, 7) is 4.60. The van der Waals surface area contributed by atoms with Crippen LogP contribution < -0.4 is 15.5 Å². The van der Waals surface area contributed by atoms with Gasteiger partial charge in [0.25, 0.3) is 5.91 Å². The zero-order chi connectivity index (χ0) is 24.4. The van der Waals surface area contributed by atoms with E-state index in [0.717, 1.165) is 62.3 Å². The fourth-order valence-electron chi connectivity index (χ4n) is 4.79. The van der Waals surface area contributed by atoms with Crippen molar-refractivity contribution in [2.45, 2.75) is 52.1 Å². The Balaban J connectivity index is 0.00000190. The van der Waals surface area contributed by atoms with Gasteiger partial charge in [0, 0.05) is 42.0 Å². The molecule has 0 bridgehead atoms. The first-order valence-electron chi connectivity index (χ1n) is 12.1. The summed E-state index contributed by atoms with van der Waals surface area (Å²) in [5, 5.41) is 6.35. The number of fused-ring (bicyclic) bond motifs is 1. The number of carbonyl (C=O) groups excluding carboxylic acids is 1. The minimum Gasteiger partial charge on any atom is -0.378 e. The number of benzene rings is 2. The highest BCUT2D eigenvalue weighted by Crippen LogP contribution is 2.29. The van der Waals surface area contributed by atoms with Crippen molar-refractivity contribution in [2.75, 3.05) is 36.5 Å². The maximum atomic E-state index is 13.8. The Labute approximate surface area is 223 Å². The number of amides is 1. The number of nitrogens with zero attached hydrogens (tertiary/aromatic N) is 3. The second kappa shape index (κ2) is 12.5. The van der Waals surface area contributed by atoms with E-state index in [4.69, 9.17) is 9.72 Å². The van der Waals surface area contributed by atoms with E-state index in [2.05, 4.69) is 20.5 Å². The largest absolute Gasteiger partial charge is 0.378 e. The zero-order valence-corrected chi connectivity index (χ0v) is 21.2. The number of hydrogen-bond acceptors (Lipinski definition) is 6. The molecule has 2 heterocycles. The van der Waals surface area contributed by atoms with Gasteiger partial charge in [-0.3, -0.25) is 9.78 Å². The van der Waals surface area contributed by atoms with E-state index < -0.39 is 11.6 Å². The Kier molecular flexibility index (Phi) is 9.67. The summed E-state index contributed by atoms with van der Waals surface area (Å²) in [5.74, 6) is -1.23. The molecule has 2 aromatic carbocycles. The molecule has 0 radical (unpaired) electrons. The number of morpholine rings is 1. The maximum absolute atomic E-state index is 13.8. The Bertz CT molecular complexity index is 1230. The van der Waals surface area contributed by atoms with E-state index in [9.17, 15) is 13.6 Å². The summed E-state index contributed by atoms with van der Waals surface area (Å²) < 4.78 is 32.7. The van der Waals surface area contributed by atoms with Gasteiger partial charge < -0.3 is 20.3 Å². The molecule has 2 fully saturated rings. The second-order valence-electron chi connectivity index (χ2n) is 9.21. The van der Waals surface area contributed by atoms with Gasteiger partial charge in [-0.2, -0.15) is 13.5 Å². The summed E-state index contributed by atoms with van der Waals surface area (Å²) in [6.07, 6.45) is 5.95. The molecule has 1 aromatic heterocycles. The van der Waals surface area contributed by atoms with E-state index in [1.54, 1.807) is 12.3 Å². The maximum Gasteiger partial charge on any atom is 0.251 e. The molecule has 1 aliphatic heterocycles. The molecule has 7 nitrogen and oxygen atoms in total. The van der Waals surface area contributed by atoms with E-state index in [1.807, 2.05) is 13.0 Å². The highest BCUT2D eigenvalue weighted by atomic mass is 32.1. The van der Waals surface area contributed by atoms with Crippen LogP contribution in [-0.2, 0) is 4.74 Å². The van der Waals surface area contributed by atoms with Crippen molar-refractivity contribution in [3.05, 3.63) is 59.3 Å². The lowest BCUT2D eigenvalue weighted by Crippen LogP contribution is -2.36. The van der Waals surface area contributed by atoms with Crippen molar-refractivity contribution in [1.29, 1.82) is 0 Å². The number of halogens is 2. The third kappa shape index (κ3) is 6.48. The number of anilines is 2. The summed E-state index contributed by atoms with van der Waals surface area (Å²) in [5.41, 5.74) is 2.96. The van der Waals surface area contributed by atoms with Gasteiger partial charge in [0.2, 0.25) is 0 Å². The van der Waals surface area contributed by atoms with Crippen molar-refractivity contribution >= 4 is 41.9 Å². The van der Waals surface area contributed by atoms with E-state index in [1.165, 1.54) is 6.07 Å². The second-order valence-corrected chi connectivity index (χ2v) is 9.21. The molecular weight excluding hydrogens is 496 g/mol. The number of rotatable bonds is 6. The van der Waals surface area contributed by atoms with Crippen LogP contribution in [0.4, 0.5) is 20.3 Å². The van der Waals surface area contributed by atoms with Crippen LogP contribution >= 0.6 is 13.5 Å². The molecule has 10 heteroatoms. The molecule has 1 saturated heterocycles. The van der Waals surface area contributed by atoms with Crippen molar-refractivity contribution in [1.82, 2.24) is 15.3 Å². The van der Waals surface area contributed by atoms with Gasteiger partial charge in [0.05, 0.1) is 36.5 Å². The monoisotopic (exact) mass is 531 g/mol. The summed E-state index contributed by atoms with van der Waals surface area (Å²) in [6, 6.07) is 7.12. The van der Waals surface area contributed by atoms with Crippen LogP contribution in [0.1, 0.15) is 62.0 Å². The van der Waals surface area contributed by atoms with E-state index >= 15 is 0 Å². The number of hydrogen-bond donors (Lipinski definition) is 2. The number of aromatic nitrogens is 2. The van der Waals surface area contributed by atoms with Crippen LogP contribution in [0, 0.1) is 11.6 Å². The van der Waals surface area contributed by atoms with Gasteiger partial charge in [-0.1, -0.05) is 20.3 Å². The Morgan fingerprint density at radius 2 is 1.84 bits per heavy atom. The standard InChI is InChI=1S/C26H29F2N5O2.CH4.H2S/c1-16(30-19-6-7-21(27)22(28)14-19)20-12-17(26(34)31-18-4-2-3-5-18)13-23-25(20)32-24(15-29-23)33-8-10-35-11-9-33;;/h6-7,12-16,18,30H,2-5,8-11H2,1H3,(H,31,34);1H4;1H2. The first kappa shape index (κ1) is 28.6. The highest BCUT2D eigenvalue weighted by Gasteiger charge is 2.22. The minimum atomic E-state index is -0.925. The smallest absolute Gasteiger partial charge is 0.251 e. The van der Waals surface area contributed by atoms with Crippen LogP contribution in [-0.4, -0.2) is 48.2 Å². The average Bonchev–Trinajstić information content (AvgIpc) is 3.39. The molecule has 0 spiro atoms. The van der Waals surface area contributed by atoms with Gasteiger partial charge in [-0.25, -0.2) is 13.8 Å². The number of ether oxygens (including phenoxy) is 1. The summed E-state index contributed by atoms with van der Waals surface area (Å²) in [7, 11) is 0. The van der Waals surface area contributed by atoms with Crippen LogP contribution in [0.3, 0.4) is 0 Å². The molecular formula is C27H35F2N5O2S. The van der Waals surface area contributed by atoms with Crippen molar-refractivity contribution in [3.63, 3.8) is 0 Å². The molecule has 2 aliphatic rings. The molecule has 3 aromatic rings. The third-order valence-corrected chi connectivity index (χ3v) is 6.72. The predicted octanol–water partition coefficient (Wildman–Crippen LogP) is 5.34. The van der Waals surface area contributed by atoms with Crippen LogP contribution in [0.25, 0.3) is 11.0 Å². The van der Waals surface area contributed by atoms with E-state index in [-0.39, 0.29) is 38.9 Å². The molecule has 5 rings (SSSR count). The predicted molar refractivity (Wildman–Crippen MR) is 148 cm³/mol. The Morgan fingerprint density at radius 1 is 1.11 bits per heavy atom. The Hall–Kier alpha value is -2.98. The van der Waals surface area contributed by atoms with Gasteiger partial charge in [0.15, 0.2) is 11.6 Å². The lowest BCUT2D eigenvalue weighted by Gasteiger charge is -2.28. The minimum absolute atomic E-state index is 0. The van der Waals surface area contributed by atoms with Crippen molar-refractivity contribution < 1.29 is 18.3 Å². The van der Waals surface area contributed by atoms with Gasteiger partial charge in [0.1, 0.15) is 5.82 Å². The molecule has 1 amide bonds. The first-order chi connectivity index (χ1) is 17.0. The fourth-order valence-corrected chi connectivity index (χ4v) is 4.79. The number of nitrogens with one attached hydrogen (secondary N) is 2. The Morgan fingerprint density at radius 3 is 2.54 bits per heavy atom. The summed E-state index contributed by atoms with van der Waals surface area (Å²) in [4.78, 5) is 24.7. The fraction of sp³-hybridized carbons (Fsp3) is 0.444. The summed E-state index contributed by atoms with van der Waals surface area (Å²) >= 11 is 0. The molecule has 200 valence electrons. The average molecular weight is 532 g/mol. The molecule has 1 saturated carbocycles. The van der Waals surface area contributed by atoms with Crippen LogP contribution in [0.15, 0.2) is 36.5 Å². The molecule has 1 unspecified atom stereocenters. The molecule has 1 atom stereocenters. The van der Waals surface area contributed by atoms with Crippen molar-refractivity contribution in [2.24, 2.45) is 0 Å². The zero-order valence-electron chi connectivity index (χ0n) is 20.2. The van der Waals surface area contributed by atoms with Gasteiger partial charge >= 0.3 is 0 Å². The third-order valence-electron chi connectivity index (χ3n) is 6.72. The molecule has 37 heavy (non-hydrogen) atoms. The molecule has 1 aliphatic carbocycles. The van der Waals surface area contributed by atoms with Crippen molar-refractivity contribution in [3.8, 4) is 0 Å². The van der Waals surface area contributed by atoms with E-state index in [0.29, 0.717) is 35.5 Å². The van der Waals surface area contributed by atoms with Gasteiger partial charge in [-0.05, 0) is 44.0 Å². The highest BCUT2D eigenvalue weighted by molar-refractivity contribution is 7.59. The van der Waals surface area contributed by atoms with Crippen LogP contribution in [0.5, 0.6) is 0 Å². The molecule has 2 N–H and O–H groups in total. The van der Waals surface area contributed by atoms with Crippen LogP contribution in [0.2, 0.25) is 0 Å². The lowest BCUT2D eigenvalue weighted by atomic mass is 10.0. The lowest BCUT2D eigenvalue weighted by molar-refractivity contribution is 0.0938. The SMILES string of the molecule is C.CC(Nc1ccc(F)c(F)c1)c1cc(C(=O)NC2CCCC2)cc2ncc(N3CCOCC3)nc12.S. The van der Waals surface area contributed by atoms with Gasteiger partial charge in [-0.15, -0.1) is 0 Å². The first-order valence-corrected chi connectivity index (χ1v) is 12.1. The normalized spacial score (nSPS) is 16.6.